The number of oxazole rings is 1. The van der Waals surface area contributed by atoms with Gasteiger partial charge in [-0.05, 0) is 61.7 Å². The van der Waals surface area contributed by atoms with E-state index in [-0.39, 0.29) is 12.0 Å². The molecule has 2 unspecified atom stereocenters. The summed E-state index contributed by atoms with van der Waals surface area (Å²) in [6.07, 6.45) is 1.25. The Balaban J connectivity index is 1.67. The highest BCUT2D eigenvalue weighted by molar-refractivity contribution is 5.54. The highest BCUT2D eigenvalue weighted by Crippen LogP contribution is 2.32. The number of alkyl halides is 3. The van der Waals surface area contributed by atoms with Crippen molar-refractivity contribution in [3.8, 4) is 17.2 Å². The zero-order valence-corrected chi connectivity index (χ0v) is 17.3. The molecule has 1 N–H and O–H groups in total. The first-order valence-corrected chi connectivity index (χ1v) is 9.99. The minimum absolute atomic E-state index is 0.242. The lowest BCUT2D eigenvalue weighted by Crippen LogP contribution is -2.07. The predicted octanol–water partition coefficient (Wildman–Crippen LogP) is 6.37. The molecule has 0 saturated heterocycles. The molecule has 0 aliphatic carbocycles. The Morgan fingerprint density at radius 1 is 1.10 bits per heavy atom. The number of hydrogen-bond acceptors (Lipinski definition) is 4. The van der Waals surface area contributed by atoms with Gasteiger partial charge < -0.3 is 14.3 Å². The van der Waals surface area contributed by atoms with E-state index in [0.29, 0.717) is 29.8 Å². The topological polar surface area (TPSA) is 55.5 Å². The van der Waals surface area contributed by atoms with Gasteiger partial charge in [0.15, 0.2) is 0 Å². The van der Waals surface area contributed by atoms with Gasteiger partial charge in [0, 0.05) is 5.56 Å². The second-order valence-electron chi connectivity index (χ2n) is 7.18. The summed E-state index contributed by atoms with van der Waals surface area (Å²) >= 11 is 0. The molecule has 0 spiro atoms. The summed E-state index contributed by atoms with van der Waals surface area (Å²) in [6.45, 7) is 3.65. The van der Waals surface area contributed by atoms with Gasteiger partial charge in [-0.1, -0.05) is 31.2 Å². The van der Waals surface area contributed by atoms with Crippen molar-refractivity contribution in [3.63, 3.8) is 0 Å². The molecule has 0 amide bonds. The van der Waals surface area contributed by atoms with Crippen LogP contribution in [0.1, 0.15) is 43.2 Å². The Morgan fingerprint density at radius 3 is 2.35 bits per heavy atom. The Labute approximate surface area is 179 Å². The molecule has 1 heterocycles. The van der Waals surface area contributed by atoms with Crippen molar-refractivity contribution >= 4 is 0 Å². The quantitative estimate of drug-likeness (QED) is 0.421. The number of ether oxygens (including phenoxy) is 1. The van der Waals surface area contributed by atoms with Gasteiger partial charge in [0.05, 0.1) is 11.7 Å². The van der Waals surface area contributed by atoms with E-state index >= 15 is 0 Å². The second kappa shape index (κ2) is 9.83. The summed E-state index contributed by atoms with van der Waals surface area (Å²) in [5.41, 5.74) is 1.40. The first-order valence-electron chi connectivity index (χ1n) is 9.99. The van der Waals surface area contributed by atoms with Crippen LogP contribution in [0, 0.1) is 0 Å². The Hall–Kier alpha value is -3.06. The van der Waals surface area contributed by atoms with Crippen LogP contribution in [-0.2, 0) is 12.6 Å². The van der Waals surface area contributed by atoms with Crippen LogP contribution in [-0.4, -0.2) is 16.2 Å². The van der Waals surface area contributed by atoms with Crippen LogP contribution < -0.4 is 4.74 Å². The van der Waals surface area contributed by atoms with E-state index < -0.39 is 17.8 Å². The van der Waals surface area contributed by atoms with Gasteiger partial charge in [0.25, 0.3) is 0 Å². The van der Waals surface area contributed by atoms with Crippen LogP contribution in [0.5, 0.6) is 5.75 Å². The fraction of sp³-hybridized carbons (Fsp3) is 0.292. The third-order valence-corrected chi connectivity index (χ3v) is 4.65. The summed E-state index contributed by atoms with van der Waals surface area (Å²) in [5.74, 6) is 0.917. The summed E-state index contributed by atoms with van der Waals surface area (Å²) in [7, 11) is 0. The number of hydrogen-bond donors (Lipinski definition) is 1. The van der Waals surface area contributed by atoms with Crippen LogP contribution in [0.2, 0.25) is 0 Å². The van der Waals surface area contributed by atoms with Crippen LogP contribution >= 0.6 is 0 Å². The number of rotatable bonds is 8. The molecule has 164 valence electrons. The highest BCUT2D eigenvalue weighted by atomic mass is 19.4. The van der Waals surface area contributed by atoms with E-state index in [4.69, 9.17) is 9.15 Å². The van der Waals surface area contributed by atoms with Crippen LogP contribution in [0.4, 0.5) is 13.2 Å². The molecule has 3 rings (SSSR count). The number of aliphatic hydroxyl groups excluding tert-OH is 1. The van der Waals surface area contributed by atoms with Gasteiger partial charge in [-0.3, -0.25) is 0 Å². The van der Waals surface area contributed by atoms with E-state index in [1.54, 1.807) is 13.0 Å². The summed E-state index contributed by atoms with van der Waals surface area (Å²) in [5, 5.41) is 9.26. The molecule has 7 heteroatoms. The minimum atomic E-state index is -4.38. The number of benzene rings is 2. The molecule has 2 atom stereocenters. The van der Waals surface area contributed by atoms with Crippen molar-refractivity contribution in [3.05, 3.63) is 83.8 Å². The monoisotopic (exact) mass is 431 g/mol. The lowest BCUT2D eigenvalue weighted by atomic mass is 10.1. The van der Waals surface area contributed by atoms with Gasteiger partial charge in [0.2, 0.25) is 5.89 Å². The maximum atomic E-state index is 12.7. The molecular formula is C24H24F3NO3. The number of aromatic nitrogens is 1. The summed E-state index contributed by atoms with van der Waals surface area (Å²) < 4.78 is 49.7. The first kappa shape index (κ1) is 22.6. The molecule has 31 heavy (non-hydrogen) atoms. The summed E-state index contributed by atoms with van der Waals surface area (Å²) in [4.78, 5) is 4.41. The molecule has 3 aromatic rings. The highest BCUT2D eigenvalue weighted by Gasteiger charge is 2.30. The zero-order valence-electron chi connectivity index (χ0n) is 17.3. The van der Waals surface area contributed by atoms with Gasteiger partial charge in [0.1, 0.15) is 23.8 Å². The van der Waals surface area contributed by atoms with Crippen molar-refractivity contribution < 1.29 is 27.4 Å². The van der Waals surface area contributed by atoms with Gasteiger partial charge >= 0.3 is 6.18 Å². The maximum absolute atomic E-state index is 12.7. The fourth-order valence-corrected chi connectivity index (χ4v) is 2.99. The van der Waals surface area contributed by atoms with Crippen LogP contribution in [0.15, 0.2) is 71.4 Å². The standard InChI is InChI=1S/C24H24F3NO3/c1-3-22(31-20-13-7-17(8-14-20)6-4-5-16(2)29)21-15-30-23(28-21)18-9-11-19(12-10-18)24(25,26)27/h4-5,7-16,22,29H,3,6H2,1-2H3. The van der Waals surface area contributed by atoms with E-state index in [1.165, 1.54) is 18.4 Å². The van der Waals surface area contributed by atoms with Gasteiger partial charge in [-0.2, -0.15) is 13.2 Å². The zero-order chi connectivity index (χ0) is 22.4. The minimum Gasteiger partial charge on any atom is -0.484 e. The molecule has 4 nitrogen and oxygen atoms in total. The molecule has 0 fully saturated rings. The van der Waals surface area contributed by atoms with Crippen molar-refractivity contribution in [2.45, 2.75) is 45.1 Å². The van der Waals surface area contributed by atoms with Crippen molar-refractivity contribution in [1.29, 1.82) is 0 Å². The molecule has 0 bridgehead atoms. The SMILES string of the molecule is CCC(Oc1ccc(CC=CC(C)O)cc1)c1coc(-c2ccc(C(F)(F)F)cc2)n1. The molecule has 0 saturated carbocycles. The van der Waals surface area contributed by atoms with Crippen molar-refractivity contribution in [1.82, 2.24) is 4.98 Å². The van der Waals surface area contributed by atoms with Gasteiger partial charge in [-0.25, -0.2) is 4.98 Å². The first-order chi connectivity index (χ1) is 14.8. The fourth-order valence-electron chi connectivity index (χ4n) is 2.99. The van der Waals surface area contributed by atoms with E-state index in [1.807, 2.05) is 37.3 Å². The third kappa shape index (κ3) is 6.21. The Bertz CT molecular complexity index is 990. The molecule has 0 aliphatic rings. The third-order valence-electron chi connectivity index (χ3n) is 4.65. The molecule has 0 radical (unpaired) electrons. The smallest absolute Gasteiger partial charge is 0.416 e. The Morgan fingerprint density at radius 2 is 1.77 bits per heavy atom. The van der Waals surface area contributed by atoms with Crippen LogP contribution in [0.25, 0.3) is 11.5 Å². The van der Waals surface area contributed by atoms with E-state index in [2.05, 4.69) is 4.98 Å². The average Bonchev–Trinajstić information content (AvgIpc) is 3.22. The van der Waals surface area contributed by atoms with Crippen LogP contribution in [0.3, 0.4) is 0 Å². The predicted molar refractivity (Wildman–Crippen MR) is 112 cm³/mol. The summed E-state index contributed by atoms with van der Waals surface area (Å²) in [6, 6.07) is 12.3. The average molecular weight is 431 g/mol. The lowest BCUT2D eigenvalue weighted by Gasteiger charge is -2.15. The second-order valence-corrected chi connectivity index (χ2v) is 7.18. The number of halogens is 3. The number of nitrogens with zero attached hydrogens (tertiary/aromatic N) is 1. The molecule has 1 aromatic heterocycles. The van der Waals surface area contributed by atoms with Gasteiger partial charge in [-0.15, -0.1) is 0 Å². The maximum Gasteiger partial charge on any atom is 0.416 e. The number of allylic oxidation sites excluding steroid dienone is 1. The lowest BCUT2D eigenvalue weighted by molar-refractivity contribution is -0.137. The normalized spacial score (nSPS) is 14.0. The van der Waals surface area contributed by atoms with E-state index in [0.717, 1.165) is 17.7 Å². The molecule has 2 aromatic carbocycles. The van der Waals surface area contributed by atoms with E-state index in [9.17, 15) is 18.3 Å². The largest absolute Gasteiger partial charge is 0.484 e. The molecule has 0 aliphatic heterocycles. The molecular weight excluding hydrogens is 407 g/mol. The van der Waals surface area contributed by atoms with Crippen molar-refractivity contribution in [2.24, 2.45) is 0 Å². The van der Waals surface area contributed by atoms with Crippen molar-refractivity contribution in [2.75, 3.05) is 0 Å². The Kier molecular flexibility index (Phi) is 7.17. The number of aliphatic hydroxyl groups is 1.